The van der Waals surface area contributed by atoms with E-state index in [1.54, 1.807) is 11.3 Å². The third-order valence-corrected chi connectivity index (χ3v) is 2.62. The van der Waals surface area contributed by atoms with Crippen molar-refractivity contribution in [1.29, 1.82) is 0 Å². The van der Waals surface area contributed by atoms with E-state index in [4.69, 9.17) is 11.5 Å². The van der Waals surface area contributed by atoms with Crippen molar-refractivity contribution in [2.45, 2.75) is 6.92 Å². The number of hydrogen-bond acceptors (Lipinski definition) is 7. The van der Waals surface area contributed by atoms with Crippen molar-refractivity contribution in [2.24, 2.45) is 0 Å². The zero-order valence-corrected chi connectivity index (χ0v) is 8.88. The van der Waals surface area contributed by atoms with E-state index in [0.29, 0.717) is 5.95 Å². The Labute approximate surface area is 90.4 Å². The fraction of sp³-hybridized carbons (Fsp3) is 0.125. The van der Waals surface area contributed by atoms with E-state index in [-0.39, 0.29) is 11.9 Å². The minimum Gasteiger partial charge on any atom is -0.368 e. The molecule has 5 N–H and O–H groups in total. The minimum absolute atomic E-state index is 0.109. The quantitative estimate of drug-likeness (QED) is 0.704. The van der Waals surface area contributed by atoms with E-state index in [0.717, 1.165) is 10.6 Å². The van der Waals surface area contributed by atoms with E-state index < -0.39 is 0 Å². The number of nitrogens with one attached hydrogen (secondary N) is 1. The number of rotatable bonds is 2. The van der Waals surface area contributed by atoms with Crippen LogP contribution in [0.3, 0.4) is 0 Å². The zero-order valence-electron chi connectivity index (χ0n) is 8.06. The molecule has 78 valence electrons. The lowest BCUT2D eigenvalue weighted by Gasteiger charge is -2.04. The average molecular weight is 222 g/mol. The van der Waals surface area contributed by atoms with Crippen molar-refractivity contribution in [1.82, 2.24) is 15.0 Å². The molecular weight excluding hydrogens is 212 g/mol. The smallest absolute Gasteiger partial charge is 0.233 e. The lowest BCUT2D eigenvalue weighted by Crippen LogP contribution is -2.06. The van der Waals surface area contributed by atoms with Gasteiger partial charge in [-0.2, -0.15) is 15.0 Å². The fourth-order valence-electron chi connectivity index (χ4n) is 1.10. The lowest BCUT2D eigenvalue weighted by atomic mass is 10.4. The SMILES string of the molecule is Cc1sccc1Nc1nc(N)nc(N)n1. The van der Waals surface area contributed by atoms with Gasteiger partial charge in [0.25, 0.3) is 0 Å². The molecule has 7 heteroatoms. The largest absolute Gasteiger partial charge is 0.368 e. The molecule has 2 aromatic rings. The van der Waals surface area contributed by atoms with Gasteiger partial charge in [0.15, 0.2) is 0 Å². The lowest BCUT2D eigenvalue weighted by molar-refractivity contribution is 1.08. The number of thiophene rings is 1. The van der Waals surface area contributed by atoms with Gasteiger partial charge in [-0.15, -0.1) is 11.3 Å². The molecule has 15 heavy (non-hydrogen) atoms. The third-order valence-electron chi connectivity index (χ3n) is 1.78. The number of nitrogens with zero attached hydrogens (tertiary/aromatic N) is 3. The van der Waals surface area contributed by atoms with Crippen molar-refractivity contribution in [3.63, 3.8) is 0 Å². The standard InChI is InChI=1S/C8H10N6S/c1-4-5(2-3-15-4)11-8-13-6(9)12-7(10)14-8/h2-3H,1H3,(H5,9,10,11,12,13,14). The summed E-state index contributed by atoms with van der Waals surface area (Å²) in [6, 6.07) is 1.94. The Morgan fingerprint density at radius 1 is 1.20 bits per heavy atom. The topological polar surface area (TPSA) is 103 Å². The Bertz CT molecular complexity index is 459. The minimum atomic E-state index is 0.109. The summed E-state index contributed by atoms with van der Waals surface area (Å²) in [5, 5.41) is 5.00. The molecule has 0 saturated carbocycles. The fourth-order valence-corrected chi connectivity index (χ4v) is 1.75. The molecule has 0 unspecified atom stereocenters. The van der Waals surface area contributed by atoms with Crippen LogP contribution in [0.25, 0.3) is 0 Å². The predicted molar refractivity (Wildman–Crippen MR) is 61.0 cm³/mol. The molecule has 0 aromatic carbocycles. The molecule has 6 nitrogen and oxygen atoms in total. The van der Waals surface area contributed by atoms with Crippen molar-refractivity contribution >= 4 is 34.9 Å². The van der Waals surface area contributed by atoms with Gasteiger partial charge in [0, 0.05) is 4.88 Å². The van der Waals surface area contributed by atoms with Gasteiger partial charge in [0.2, 0.25) is 17.8 Å². The van der Waals surface area contributed by atoms with Gasteiger partial charge in [-0.05, 0) is 18.4 Å². The third kappa shape index (κ3) is 2.13. The number of nitrogen functional groups attached to an aromatic ring is 2. The highest BCUT2D eigenvalue weighted by molar-refractivity contribution is 7.10. The van der Waals surface area contributed by atoms with Crippen LogP contribution in [0.2, 0.25) is 0 Å². The van der Waals surface area contributed by atoms with Crippen molar-refractivity contribution < 1.29 is 0 Å². The Morgan fingerprint density at radius 2 is 1.87 bits per heavy atom. The first-order valence-electron chi connectivity index (χ1n) is 4.23. The molecule has 2 heterocycles. The maximum atomic E-state index is 5.45. The van der Waals surface area contributed by atoms with Crippen molar-refractivity contribution in [2.75, 3.05) is 16.8 Å². The molecule has 0 amide bonds. The molecule has 0 spiro atoms. The van der Waals surface area contributed by atoms with Crippen molar-refractivity contribution in [3.8, 4) is 0 Å². The summed E-state index contributed by atoms with van der Waals surface area (Å²) in [6.45, 7) is 2.00. The maximum absolute atomic E-state index is 5.45. The van der Waals surface area contributed by atoms with Crippen LogP contribution in [-0.2, 0) is 0 Å². The summed E-state index contributed by atoms with van der Waals surface area (Å²) in [7, 11) is 0. The highest BCUT2D eigenvalue weighted by atomic mass is 32.1. The Balaban J connectivity index is 2.28. The van der Waals surface area contributed by atoms with Gasteiger partial charge in [-0.3, -0.25) is 0 Å². The van der Waals surface area contributed by atoms with Crippen LogP contribution in [0.15, 0.2) is 11.4 Å². The number of hydrogen-bond donors (Lipinski definition) is 3. The number of nitrogens with two attached hydrogens (primary N) is 2. The second-order valence-electron chi connectivity index (χ2n) is 2.89. The number of aryl methyl sites for hydroxylation is 1. The highest BCUT2D eigenvalue weighted by Crippen LogP contribution is 2.23. The van der Waals surface area contributed by atoms with Gasteiger partial charge < -0.3 is 16.8 Å². The molecule has 0 fully saturated rings. The summed E-state index contributed by atoms with van der Waals surface area (Å²) in [4.78, 5) is 12.7. The van der Waals surface area contributed by atoms with Crippen LogP contribution < -0.4 is 16.8 Å². The molecule has 2 rings (SSSR count). The molecule has 0 aliphatic carbocycles. The van der Waals surface area contributed by atoms with Gasteiger partial charge >= 0.3 is 0 Å². The summed E-state index contributed by atoms with van der Waals surface area (Å²) < 4.78 is 0. The van der Waals surface area contributed by atoms with Gasteiger partial charge in [-0.25, -0.2) is 0 Å². The molecule has 0 saturated heterocycles. The van der Waals surface area contributed by atoms with Crippen LogP contribution >= 0.6 is 11.3 Å². The Morgan fingerprint density at radius 3 is 2.40 bits per heavy atom. The maximum Gasteiger partial charge on any atom is 0.233 e. The Hall–Kier alpha value is -1.89. The van der Waals surface area contributed by atoms with Crippen LogP contribution in [0, 0.1) is 6.92 Å². The first-order valence-corrected chi connectivity index (χ1v) is 5.11. The molecule has 0 atom stereocenters. The second-order valence-corrected chi connectivity index (χ2v) is 4.01. The summed E-state index contributed by atoms with van der Waals surface area (Å²) in [5.41, 5.74) is 11.8. The van der Waals surface area contributed by atoms with Crippen LogP contribution in [-0.4, -0.2) is 15.0 Å². The zero-order chi connectivity index (χ0) is 10.8. The summed E-state index contributed by atoms with van der Waals surface area (Å²) >= 11 is 1.64. The van der Waals surface area contributed by atoms with E-state index >= 15 is 0 Å². The van der Waals surface area contributed by atoms with Crippen molar-refractivity contribution in [3.05, 3.63) is 16.3 Å². The van der Waals surface area contributed by atoms with Gasteiger partial charge in [0.05, 0.1) is 5.69 Å². The predicted octanol–water partition coefficient (Wildman–Crippen LogP) is 1.15. The molecular formula is C8H10N6S. The van der Waals surface area contributed by atoms with Crippen LogP contribution in [0.4, 0.5) is 23.5 Å². The monoisotopic (exact) mass is 222 g/mol. The first-order chi connectivity index (χ1) is 7.15. The molecule has 0 bridgehead atoms. The number of aromatic nitrogens is 3. The normalized spacial score (nSPS) is 10.2. The average Bonchev–Trinajstić information content (AvgIpc) is 2.50. The molecule has 0 aliphatic heterocycles. The van der Waals surface area contributed by atoms with Gasteiger partial charge in [-0.1, -0.05) is 0 Å². The first kappa shape index (κ1) is 9.66. The van der Waals surface area contributed by atoms with E-state index in [1.165, 1.54) is 0 Å². The molecule has 0 aliphatic rings. The number of anilines is 4. The van der Waals surface area contributed by atoms with E-state index in [1.807, 2.05) is 18.4 Å². The second kappa shape index (κ2) is 3.70. The van der Waals surface area contributed by atoms with Gasteiger partial charge in [0.1, 0.15) is 0 Å². The molecule has 0 radical (unpaired) electrons. The van der Waals surface area contributed by atoms with Crippen LogP contribution in [0.1, 0.15) is 4.88 Å². The van der Waals surface area contributed by atoms with E-state index in [9.17, 15) is 0 Å². The summed E-state index contributed by atoms with van der Waals surface area (Å²) in [6.07, 6.45) is 0. The molecule has 2 aromatic heterocycles. The van der Waals surface area contributed by atoms with Crippen LogP contribution in [0.5, 0.6) is 0 Å². The highest BCUT2D eigenvalue weighted by Gasteiger charge is 2.04. The van der Waals surface area contributed by atoms with E-state index in [2.05, 4.69) is 20.3 Å². The summed E-state index contributed by atoms with van der Waals surface area (Å²) in [5.74, 6) is 0.581. The Kier molecular flexibility index (Phi) is 2.38.